The van der Waals surface area contributed by atoms with E-state index in [-0.39, 0.29) is 17.7 Å². The van der Waals surface area contributed by atoms with Crippen LogP contribution in [0.25, 0.3) is 0 Å². The zero-order valence-corrected chi connectivity index (χ0v) is 24.6. The number of carbonyl (C=O) groups is 2. The first-order valence-corrected chi connectivity index (χ1v) is 14.6. The Morgan fingerprint density at radius 2 is 1.62 bits per heavy atom. The van der Waals surface area contributed by atoms with Gasteiger partial charge in [0.15, 0.2) is 0 Å². The largest absolute Gasteiger partial charge is 0.478 e. The Hall–Kier alpha value is -3.47. The number of carboxylic acids is 1. The molecule has 224 valence electrons. The van der Waals surface area contributed by atoms with Crippen LogP contribution in [0.15, 0.2) is 78.9 Å². The first-order valence-electron chi connectivity index (χ1n) is 14.2. The third-order valence-electron chi connectivity index (χ3n) is 7.77. The minimum Gasteiger partial charge on any atom is -0.478 e. The minimum atomic E-state index is -1.21. The van der Waals surface area contributed by atoms with E-state index in [0.717, 1.165) is 48.3 Å². The van der Waals surface area contributed by atoms with Crippen LogP contribution in [0.2, 0.25) is 5.02 Å². The van der Waals surface area contributed by atoms with Gasteiger partial charge in [0.05, 0.1) is 30.4 Å². The number of carboxylic acid groups (broad SMARTS) is 2. The summed E-state index contributed by atoms with van der Waals surface area (Å²) in [6, 6.07) is 25.0. The number of aromatic carboxylic acids is 1. The Balaban J connectivity index is 1.35. The normalized spacial score (nSPS) is 16.5. The zero-order valence-electron chi connectivity index (χ0n) is 23.8. The number of hydrogen-bond acceptors (Lipinski definition) is 6. The van der Waals surface area contributed by atoms with Crippen molar-refractivity contribution in [2.75, 3.05) is 39.3 Å². The number of hydrogen-bond donors (Lipinski definition) is 3. The van der Waals surface area contributed by atoms with Gasteiger partial charge in [-0.15, -0.1) is 0 Å². The Morgan fingerprint density at radius 3 is 2.26 bits per heavy atom. The number of nitrogens with zero attached hydrogens (tertiary/aromatic N) is 3. The molecule has 0 saturated carbocycles. The summed E-state index contributed by atoms with van der Waals surface area (Å²) in [5.74, 6) is 4.73. The molecule has 3 unspecified atom stereocenters. The summed E-state index contributed by atoms with van der Waals surface area (Å²) in [6.07, 6.45) is -0.706. The van der Waals surface area contributed by atoms with Gasteiger partial charge in [0.2, 0.25) is 0 Å². The second kappa shape index (κ2) is 15.1. The standard InChI is InChI=1S/C32H39ClN4O5/c1-23(37(34)32(40)41)20-29(22-24-6-5-9-27(21-24)31(38)39)42-19-18-35-14-16-36(17-15-35)30(25-7-3-2-4-8-25)26-10-12-28(33)13-11-26/h2-13,21,23,29-30H,14-20,22,34H2,1H3,(H,38,39)(H,40,41). The summed E-state index contributed by atoms with van der Waals surface area (Å²) in [6.45, 7) is 6.50. The third-order valence-corrected chi connectivity index (χ3v) is 8.02. The fourth-order valence-corrected chi connectivity index (χ4v) is 5.60. The van der Waals surface area contributed by atoms with E-state index in [2.05, 4.69) is 46.2 Å². The highest BCUT2D eigenvalue weighted by Crippen LogP contribution is 2.30. The molecular formula is C32H39ClN4O5. The predicted molar refractivity (Wildman–Crippen MR) is 163 cm³/mol. The molecule has 42 heavy (non-hydrogen) atoms. The van der Waals surface area contributed by atoms with Gasteiger partial charge in [-0.3, -0.25) is 9.80 Å². The maximum absolute atomic E-state index is 11.4. The molecule has 3 aromatic rings. The molecule has 0 aromatic heterocycles. The molecule has 3 atom stereocenters. The molecule has 1 amide bonds. The monoisotopic (exact) mass is 594 g/mol. The van der Waals surface area contributed by atoms with Crippen molar-refractivity contribution in [3.63, 3.8) is 0 Å². The molecule has 0 spiro atoms. The maximum atomic E-state index is 11.4. The summed E-state index contributed by atoms with van der Waals surface area (Å²) < 4.78 is 6.28. The second-order valence-corrected chi connectivity index (χ2v) is 11.2. The van der Waals surface area contributed by atoms with Gasteiger partial charge in [0.25, 0.3) is 0 Å². The molecular weight excluding hydrogens is 556 g/mol. The molecule has 10 heteroatoms. The number of amides is 1. The molecule has 4 rings (SSSR count). The highest BCUT2D eigenvalue weighted by molar-refractivity contribution is 6.30. The van der Waals surface area contributed by atoms with Gasteiger partial charge in [-0.05, 0) is 60.7 Å². The van der Waals surface area contributed by atoms with Gasteiger partial charge in [-0.1, -0.05) is 66.2 Å². The van der Waals surface area contributed by atoms with Gasteiger partial charge >= 0.3 is 12.1 Å². The van der Waals surface area contributed by atoms with Crippen LogP contribution in [0.1, 0.15) is 46.4 Å². The predicted octanol–water partition coefficient (Wildman–Crippen LogP) is 5.01. The summed E-state index contributed by atoms with van der Waals surface area (Å²) in [5, 5.41) is 20.2. The van der Waals surface area contributed by atoms with E-state index in [9.17, 15) is 19.8 Å². The van der Waals surface area contributed by atoms with Gasteiger partial charge in [0, 0.05) is 37.7 Å². The van der Waals surface area contributed by atoms with Crippen LogP contribution >= 0.6 is 11.6 Å². The van der Waals surface area contributed by atoms with Crippen LogP contribution in [0.4, 0.5) is 4.79 Å². The summed E-state index contributed by atoms with van der Waals surface area (Å²) in [5.41, 5.74) is 3.47. The molecule has 0 bridgehead atoms. The number of ether oxygens (including phenoxy) is 1. The van der Waals surface area contributed by atoms with Crippen LogP contribution in [0.5, 0.6) is 0 Å². The van der Waals surface area contributed by atoms with Crippen molar-refractivity contribution in [3.05, 3.63) is 106 Å². The average molecular weight is 595 g/mol. The molecule has 1 heterocycles. The van der Waals surface area contributed by atoms with Crippen molar-refractivity contribution in [3.8, 4) is 0 Å². The second-order valence-electron chi connectivity index (χ2n) is 10.7. The van der Waals surface area contributed by atoms with E-state index in [1.165, 1.54) is 11.1 Å². The zero-order chi connectivity index (χ0) is 30.1. The smallest absolute Gasteiger partial charge is 0.421 e. The fourth-order valence-electron chi connectivity index (χ4n) is 5.48. The first-order chi connectivity index (χ1) is 20.2. The molecule has 1 saturated heterocycles. The quantitative estimate of drug-likeness (QED) is 0.144. The van der Waals surface area contributed by atoms with E-state index in [4.69, 9.17) is 22.2 Å². The number of rotatable bonds is 13. The number of halogens is 1. The van der Waals surface area contributed by atoms with Crippen molar-refractivity contribution >= 4 is 23.7 Å². The lowest BCUT2D eigenvalue weighted by atomic mass is 9.96. The van der Waals surface area contributed by atoms with E-state index < -0.39 is 18.1 Å². The van der Waals surface area contributed by atoms with Gasteiger partial charge < -0.3 is 14.9 Å². The number of benzene rings is 3. The minimum absolute atomic E-state index is 0.141. The molecule has 1 aliphatic rings. The SMILES string of the molecule is CC(CC(Cc1cccc(C(=O)O)c1)OCCN1CCN(C(c2ccccc2)c2ccc(Cl)cc2)CC1)N(N)C(=O)O. The topological polar surface area (TPSA) is 120 Å². The van der Waals surface area contributed by atoms with Crippen molar-refractivity contribution in [2.24, 2.45) is 5.84 Å². The van der Waals surface area contributed by atoms with Crippen LogP contribution in [-0.2, 0) is 11.2 Å². The number of hydrazine groups is 1. The van der Waals surface area contributed by atoms with Crippen molar-refractivity contribution < 1.29 is 24.5 Å². The summed E-state index contributed by atoms with van der Waals surface area (Å²) in [4.78, 5) is 27.7. The number of piperazine rings is 1. The maximum Gasteiger partial charge on any atom is 0.421 e. The molecule has 9 nitrogen and oxygen atoms in total. The fraction of sp³-hybridized carbons (Fsp3) is 0.375. The lowest BCUT2D eigenvalue weighted by Gasteiger charge is -2.40. The van der Waals surface area contributed by atoms with Gasteiger partial charge in [0.1, 0.15) is 0 Å². The molecule has 0 radical (unpaired) electrons. The van der Waals surface area contributed by atoms with Crippen LogP contribution in [0, 0.1) is 0 Å². The molecule has 3 aromatic carbocycles. The first kappa shape index (κ1) is 31.5. The van der Waals surface area contributed by atoms with Crippen molar-refractivity contribution in [1.29, 1.82) is 0 Å². The number of nitrogens with two attached hydrogens (primary N) is 1. The van der Waals surface area contributed by atoms with E-state index in [1.54, 1.807) is 25.1 Å². The third kappa shape index (κ3) is 8.77. The van der Waals surface area contributed by atoms with Gasteiger partial charge in [-0.2, -0.15) is 0 Å². The summed E-state index contributed by atoms with van der Waals surface area (Å²) in [7, 11) is 0. The average Bonchev–Trinajstić information content (AvgIpc) is 2.99. The Labute approximate surface area is 252 Å². The molecule has 1 aliphatic heterocycles. The van der Waals surface area contributed by atoms with E-state index >= 15 is 0 Å². The Bertz CT molecular complexity index is 1300. The van der Waals surface area contributed by atoms with Crippen LogP contribution in [0.3, 0.4) is 0 Å². The molecule has 1 fully saturated rings. The highest BCUT2D eigenvalue weighted by atomic mass is 35.5. The van der Waals surface area contributed by atoms with Crippen molar-refractivity contribution in [2.45, 2.75) is 38.0 Å². The van der Waals surface area contributed by atoms with E-state index in [0.29, 0.717) is 19.4 Å². The lowest BCUT2D eigenvalue weighted by molar-refractivity contribution is 0.00871. The van der Waals surface area contributed by atoms with Crippen LogP contribution < -0.4 is 5.84 Å². The molecule has 0 aliphatic carbocycles. The Kier molecular flexibility index (Phi) is 11.3. The van der Waals surface area contributed by atoms with Crippen LogP contribution in [-0.4, -0.2) is 88.6 Å². The van der Waals surface area contributed by atoms with Crippen molar-refractivity contribution in [1.82, 2.24) is 14.8 Å². The lowest BCUT2D eigenvalue weighted by Crippen LogP contribution is -2.49. The van der Waals surface area contributed by atoms with Gasteiger partial charge in [-0.25, -0.2) is 20.4 Å². The highest BCUT2D eigenvalue weighted by Gasteiger charge is 2.27. The Morgan fingerprint density at radius 1 is 0.952 bits per heavy atom. The molecule has 4 N–H and O–H groups in total. The van der Waals surface area contributed by atoms with E-state index in [1.807, 2.05) is 24.3 Å². The summed E-state index contributed by atoms with van der Waals surface area (Å²) >= 11 is 6.17.